The van der Waals surface area contributed by atoms with Crippen molar-refractivity contribution in [2.24, 2.45) is 5.92 Å². The van der Waals surface area contributed by atoms with Crippen LogP contribution in [0.25, 0.3) is 11.0 Å². The minimum Gasteiger partial charge on any atom is -0.464 e. The minimum atomic E-state index is -0.552. The number of hydrogen-bond acceptors (Lipinski definition) is 6. The van der Waals surface area contributed by atoms with Gasteiger partial charge in [-0.05, 0) is 48.7 Å². The van der Waals surface area contributed by atoms with E-state index in [1.165, 1.54) is 19.2 Å². The Morgan fingerprint density at radius 2 is 1.95 bits per heavy atom. The van der Waals surface area contributed by atoms with E-state index in [9.17, 15) is 14.0 Å². The molecule has 5 rings (SSSR count). The number of amides is 1. The zero-order chi connectivity index (χ0) is 25.8. The molecule has 1 aromatic carbocycles. The second-order valence-corrected chi connectivity index (χ2v) is 9.13. The van der Waals surface area contributed by atoms with Crippen molar-refractivity contribution in [3.05, 3.63) is 83.7 Å². The molecule has 0 aliphatic heterocycles. The van der Waals surface area contributed by atoms with Crippen LogP contribution in [0.1, 0.15) is 41.0 Å². The van der Waals surface area contributed by atoms with Crippen LogP contribution >= 0.6 is 0 Å². The highest BCUT2D eigenvalue weighted by molar-refractivity contribution is 6.11. The smallest absolute Gasteiger partial charge is 0.356 e. The molecule has 0 saturated heterocycles. The van der Waals surface area contributed by atoms with E-state index in [4.69, 9.17) is 4.74 Å². The van der Waals surface area contributed by atoms with Gasteiger partial charge in [0.05, 0.1) is 24.7 Å². The number of esters is 1. The minimum absolute atomic E-state index is 0.0647. The predicted molar refractivity (Wildman–Crippen MR) is 139 cm³/mol. The second-order valence-electron chi connectivity index (χ2n) is 9.13. The van der Waals surface area contributed by atoms with Crippen molar-refractivity contribution in [2.45, 2.75) is 38.8 Å². The summed E-state index contributed by atoms with van der Waals surface area (Å²) < 4.78 is 20.2. The van der Waals surface area contributed by atoms with Gasteiger partial charge in [0.2, 0.25) is 5.91 Å². The average molecular weight is 502 g/mol. The highest BCUT2D eigenvalue weighted by Crippen LogP contribution is 2.35. The Kier molecular flexibility index (Phi) is 7.11. The summed E-state index contributed by atoms with van der Waals surface area (Å²) >= 11 is 0. The molecular weight excluding hydrogens is 473 g/mol. The van der Waals surface area contributed by atoms with E-state index < -0.39 is 5.97 Å². The molecule has 1 amide bonds. The molecule has 4 aromatic rings. The number of aromatic nitrogens is 3. The van der Waals surface area contributed by atoms with Gasteiger partial charge in [0.1, 0.15) is 11.5 Å². The summed E-state index contributed by atoms with van der Waals surface area (Å²) in [5.74, 6) is -1.01. The van der Waals surface area contributed by atoms with Gasteiger partial charge in [0.15, 0.2) is 5.69 Å². The molecule has 0 bridgehead atoms. The van der Waals surface area contributed by atoms with Crippen molar-refractivity contribution >= 4 is 34.3 Å². The first-order valence-electron chi connectivity index (χ1n) is 12.3. The lowest BCUT2D eigenvalue weighted by molar-refractivity contribution is -0.122. The molecule has 1 fully saturated rings. The Bertz CT molecular complexity index is 1420. The maximum Gasteiger partial charge on any atom is 0.356 e. The normalized spacial score (nSPS) is 13.2. The van der Waals surface area contributed by atoms with Crippen LogP contribution in [0.15, 0.2) is 60.9 Å². The highest BCUT2D eigenvalue weighted by atomic mass is 19.1. The molecule has 0 spiro atoms. The fourth-order valence-corrected chi connectivity index (χ4v) is 4.45. The Hall–Kier alpha value is -4.27. The Labute approximate surface area is 213 Å². The maximum absolute atomic E-state index is 13.3. The summed E-state index contributed by atoms with van der Waals surface area (Å²) in [5.41, 5.74) is 3.70. The highest BCUT2D eigenvalue weighted by Gasteiger charge is 2.30. The fraction of sp³-hybridized carbons (Fsp3) is 0.286. The number of anilines is 2. The first-order chi connectivity index (χ1) is 18.0. The van der Waals surface area contributed by atoms with E-state index in [1.807, 2.05) is 24.3 Å². The van der Waals surface area contributed by atoms with E-state index in [2.05, 4.69) is 20.6 Å². The maximum atomic E-state index is 13.3. The number of ether oxygens (including phenoxy) is 1. The Morgan fingerprint density at radius 3 is 2.62 bits per heavy atom. The van der Waals surface area contributed by atoms with Crippen LogP contribution in [0.5, 0.6) is 0 Å². The van der Waals surface area contributed by atoms with E-state index in [1.54, 1.807) is 29.1 Å². The van der Waals surface area contributed by atoms with Crippen LogP contribution < -0.4 is 10.6 Å². The summed E-state index contributed by atoms with van der Waals surface area (Å²) in [6.07, 6.45) is 6.66. The van der Waals surface area contributed by atoms with E-state index >= 15 is 0 Å². The van der Waals surface area contributed by atoms with Crippen LogP contribution in [0.3, 0.4) is 0 Å². The van der Waals surface area contributed by atoms with E-state index in [0.717, 1.165) is 30.5 Å². The fourth-order valence-electron chi connectivity index (χ4n) is 4.45. The lowest BCUT2D eigenvalue weighted by atomic mass is 9.85. The first kappa shape index (κ1) is 24.4. The molecule has 1 aliphatic rings. The van der Waals surface area contributed by atoms with Crippen molar-refractivity contribution in [3.8, 4) is 0 Å². The van der Waals surface area contributed by atoms with Gasteiger partial charge in [0.25, 0.3) is 0 Å². The predicted octanol–water partition coefficient (Wildman–Crippen LogP) is 4.95. The zero-order valence-corrected chi connectivity index (χ0v) is 20.5. The number of nitrogens with one attached hydrogen (secondary N) is 2. The molecule has 2 N–H and O–H groups in total. The van der Waals surface area contributed by atoms with Gasteiger partial charge in [-0.1, -0.05) is 24.6 Å². The number of hydrogen-bond donors (Lipinski definition) is 2. The van der Waals surface area contributed by atoms with Gasteiger partial charge < -0.3 is 19.9 Å². The molecule has 0 unspecified atom stereocenters. The van der Waals surface area contributed by atoms with Crippen LogP contribution in [0, 0.1) is 11.7 Å². The number of methoxy groups -OCH3 is 1. The van der Waals surface area contributed by atoms with Gasteiger partial charge in [-0.15, -0.1) is 0 Å². The van der Waals surface area contributed by atoms with Crippen molar-refractivity contribution in [2.75, 3.05) is 17.7 Å². The Balaban J connectivity index is 1.53. The van der Waals surface area contributed by atoms with Gasteiger partial charge in [-0.2, -0.15) is 0 Å². The van der Waals surface area contributed by atoms with E-state index in [-0.39, 0.29) is 23.3 Å². The average Bonchev–Trinajstić information content (AvgIpc) is 3.18. The molecule has 190 valence electrons. The molecule has 1 saturated carbocycles. The molecule has 9 heteroatoms. The number of aryl methyl sites for hydroxylation is 2. The number of fused-ring (bicyclic) bond motifs is 1. The van der Waals surface area contributed by atoms with Crippen LogP contribution in [-0.2, 0) is 29.0 Å². The third-order valence-corrected chi connectivity index (χ3v) is 6.73. The number of pyridine rings is 2. The van der Waals surface area contributed by atoms with Crippen molar-refractivity contribution < 1.29 is 18.7 Å². The number of benzene rings is 1. The molecule has 37 heavy (non-hydrogen) atoms. The quantitative estimate of drug-likeness (QED) is 0.315. The number of halogens is 1. The van der Waals surface area contributed by atoms with Crippen LogP contribution in [-0.4, -0.2) is 33.5 Å². The molecular formula is C28H28FN5O3. The summed E-state index contributed by atoms with van der Waals surface area (Å²) in [5, 5.41) is 6.94. The van der Waals surface area contributed by atoms with Crippen molar-refractivity contribution in [3.63, 3.8) is 0 Å². The lowest BCUT2D eigenvalue weighted by Gasteiger charge is -2.24. The standard InChI is InChI=1S/C28H28FN5O3/c1-37-28(36)25-24(33-27(35)19-5-4-6-19)23-15-22(31-16-18-8-10-20(29)11-9-18)17-32-26(23)34(25)14-12-21-7-2-3-13-30-21/h2-3,7-11,13,15,17,19,31H,4-6,12,14,16H2,1H3,(H,33,35). The number of rotatable bonds is 9. The third kappa shape index (κ3) is 5.30. The largest absolute Gasteiger partial charge is 0.464 e. The van der Waals surface area contributed by atoms with Gasteiger partial charge in [0, 0.05) is 42.7 Å². The van der Waals surface area contributed by atoms with Crippen molar-refractivity contribution in [1.82, 2.24) is 14.5 Å². The molecule has 3 aromatic heterocycles. The van der Waals surface area contributed by atoms with Gasteiger partial charge in [-0.25, -0.2) is 14.2 Å². The van der Waals surface area contributed by atoms with Gasteiger partial charge in [-0.3, -0.25) is 9.78 Å². The van der Waals surface area contributed by atoms with Gasteiger partial charge >= 0.3 is 5.97 Å². The topological polar surface area (TPSA) is 98.1 Å². The second kappa shape index (κ2) is 10.8. The summed E-state index contributed by atoms with van der Waals surface area (Å²) in [7, 11) is 1.32. The monoisotopic (exact) mass is 501 g/mol. The molecule has 0 atom stereocenters. The Morgan fingerprint density at radius 1 is 1.14 bits per heavy atom. The SMILES string of the molecule is COC(=O)c1c(NC(=O)C2CCC2)c2cc(NCc3ccc(F)cc3)cnc2n1CCc1ccccn1. The van der Waals surface area contributed by atoms with Crippen molar-refractivity contribution in [1.29, 1.82) is 0 Å². The summed E-state index contributed by atoms with van der Waals surface area (Å²) in [6.45, 7) is 0.883. The van der Waals surface area contributed by atoms with Crippen LogP contribution in [0.2, 0.25) is 0 Å². The summed E-state index contributed by atoms with van der Waals surface area (Å²) in [6, 6.07) is 13.8. The first-order valence-corrected chi connectivity index (χ1v) is 12.3. The van der Waals surface area contributed by atoms with Crippen LogP contribution in [0.4, 0.5) is 15.8 Å². The number of carbonyl (C=O) groups excluding carboxylic acids is 2. The molecule has 0 radical (unpaired) electrons. The molecule has 1 aliphatic carbocycles. The number of nitrogens with zero attached hydrogens (tertiary/aromatic N) is 3. The number of carbonyl (C=O) groups is 2. The molecule has 3 heterocycles. The molecule has 8 nitrogen and oxygen atoms in total. The van der Waals surface area contributed by atoms with E-state index in [0.29, 0.717) is 41.9 Å². The zero-order valence-electron chi connectivity index (χ0n) is 20.5. The summed E-state index contributed by atoms with van der Waals surface area (Å²) in [4.78, 5) is 35.0. The lowest BCUT2D eigenvalue weighted by Crippen LogP contribution is -2.29. The third-order valence-electron chi connectivity index (χ3n) is 6.73.